The van der Waals surface area contributed by atoms with E-state index in [0.29, 0.717) is 18.8 Å². The lowest BCUT2D eigenvalue weighted by Crippen LogP contribution is -2.31. The number of hydrogen-bond donors (Lipinski definition) is 0. The van der Waals surface area contributed by atoms with Crippen molar-refractivity contribution < 1.29 is 13.6 Å². The smallest absolute Gasteiger partial charge is 0.280 e. The van der Waals surface area contributed by atoms with E-state index in [4.69, 9.17) is 0 Å². The van der Waals surface area contributed by atoms with Gasteiger partial charge in [0.2, 0.25) is 0 Å². The van der Waals surface area contributed by atoms with Gasteiger partial charge in [0.05, 0.1) is 11.9 Å². The molecule has 0 radical (unpaired) electrons. The molecule has 0 spiro atoms. The molecule has 1 amide bonds. The number of carbonyl (C=O) groups is 1. The van der Waals surface area contributed by atoms with Crippen molar-refractivity contribution in [2.24, 2.45) is 0 Å². The van der Waals surface area contributed by atoms with Crippen LogP contribution in [0.25, 0.3) is 16.9 Å². The van der Waals surface area contributed by atoms with Gasteiger partial charge in [0.15, 0.2) is 5.65 Å². The second-order valence-corrected chi connectivity index (χ2v) is 7.23. The fourth-order valence-electron chi connectivity index (χ4n) is 3.61. The molecule has 28 heavy (non-hydrogen) atoms. The number of fused-ring (bicyclic) bond motifs is 1. The Morgan fingerprint density at radius 3 is 2.39 bits per heavy atom. The van der Waals surface area contributed by atoms with Crippen molar-refractivity contribution in [3.63, 3.8) is 0 Å². The highest BCUT2D eigenvalue weighted by Gasteiger charge is 2.25. The lowest BCUT2D eigenvalue weighted by atomic mass is 10.1. The van der Waals surface area contributed by atoms with Crippen LogP contribution in [0, 0.1) is 6.92 Å². The number of likely N-dealkylation sites (tertiary alicyclic amines) is 1. The Labute approximate surface area is 162 Å². The van der Waals surface area contributed by atoms with E-state index in [9.17, 15) is 13.6 Å². The Balaban J connectivity index is 1.82. The molecule has 0 aliphatic carbocycles. The number of amides is 1. The van der Waals surface area contributed by atoms with E-state index in [2.05, 4.69) is 10.1 Å². The minimum absolute atomic E-state index is 0.183. The maximum atomic E-state index is 13.7. The first-order valence-corrected chi connectivity index (χ1v) is 9.58. The summed E-state index contributed by atoms with van der Waals surface area (Å²) < 4.78 is 28.5. The quantitative estimate of drug-likeness (QED) is 0.660. The van der Waals surface area contributed by atoms with Crippen LogP contribution in [0.1, 0.15) is 53.7 Å². The molecule has 3 aromatic rings. The molecule has 1 aliphatic heterocycles. The molecular weight excluding hydrogens is 362 g/mol. The summed E-state index contributed by atoms with van der Waals surface area (Å²) in [5.74, 6) is -0.189. The Morgan fingerprint density at radius 1 is 1.07 bits per heavy atom. The Kier molecular flexibility index (Phi) is 5.07. The molecule has 0 saturated carbocycles. The Hall–Kier alpha value is -2.83. The van der Waals surface area contributed by atoms with Crippen LogP contribution in [0.3, 0.4) is 0 Å². The maximum absolute atomic E-state index is 13.7. The van der Waals surface area contributed by atoms with Crippen LogP contribution in [0.5, 0.6) is 0 Å². The highest BCUT2D eigenvalue weighted by atomic mass is 19.3. The molecule has 4 rings (SSSR count). The zero-order valence-corrected chi connectivity index (χ0v) is 15.7. The summed E-state index contributed by atoms with van der Waals surface area (Å²) in [6, 6.07) is 8.84. The topological polar surface area (TPSA) is 50.5 Å². The van der Waals surface area contributed by atoms with Gasteiger partial charge in [0.25, 0.3) is 12.3 Å². The van der Waals surface area contributed by atoms with Gasteiger partial charge in [-0.1, -0.05) is 42.7 Å². The third kappa shape index (κ3) is 3.48. The van der Waals surface area contributed by atoms with Crippen LogP contribution >= 0.6 is 0 Å². The number of benzene rings is 1. The van der Waals surface area contributed by atoms with Gasteiger partial charge < -0.3 is 4.90 Å². The lowest BCUT2D eigenvalue weighted by Gasteiger charge is -2.19. The van der Waals surface area contributed by atoms with Crippen LogP contribution in [0.2, 0.25) is 0 Å². The molecule has 0 unspecified atom stereocenters. The Bertz CT molecular complexity index is 990. The van der Waals surface area contributed by atoms with Crippen LogP contribution in [-0.4, -0.2) is 38.5 Å². The fraction of sp³-hybridized carbons (Fsp3) is 0.381. The number of hydrogen-bond acceptors (Lipinski definition) is 3. The summed E-state index contributed by atoms with van der Waals surface area (Å²) in [7, 11) is 0. The zero-order chi connectivity index (χ0) is 19.7. The van der Waals surface area contributed by atoms with Gasteiger partial charge in [-0.25, -0.2) is 18.3 Å². The van der Waals surface area contributed by atoms with Crippen molar-refractivity contribution in [2.45, 2.75) is 39.0 Å². The monoisotopic (exact) mass is 384 g/mol. The summed E-state index contributed by atoms with van der Waals surface area (Å²) >= 11 is 0. The maximum Gasteiger partial charge on any atom is 0.280 e. The van der Waals surface area contributed by atoms with E-state index in [-0.39, 0.29) is 22.8 Å². The number of alkyl halides is 2. The number of aromatic nitrogens is 3. The van der Waals surface area contributed by atoms with Gasteiger partial charge in [-0.3, -0.25) is 4.79 Å². The molecule has 5 nitrogen and oxygen atoms in total. The van der Waals surface area contributed by atoms with E-state index in [1.165, 1.54) is 12.3 Å². The highest BCUT2D eigenvalue weighted by molar-refractivity contribution is 6.00. The third-order valence-corrected chi connectivity index (χ3v) is 5.19. The molecule has 2 aromatic heterocycles. The SMILES string of the molecule is Cc1ccc(-c2cc(C(F)F)n3ncc(C(=O)N4CCCCCC4)c3n2)cc1. The minimum Gasteiger partial charge on any atom is -0.338 e. The third-order valence-electron chi connectivity index (χ3n) is 5.19. The van der Waals surface area contributed by atoms with Gasteiger partial charge in [0, 0.05) is 18.7 Å². The number of rotatable bonds is 3. The van der Waals surface area contributed by atoms with Gasteiger partial charge in [-0.2, -0.15) is 5.10 Å². The number of nitrogens with zero attached hydrogens (tertiary/aromatic N) is 4. The largest absolute Gasteiger partial charge is 0.338 e. The molecule has 1 aromatic carbocycles. The molecule has 1 fully saturated rings. The minimum atomic E-state index is -2.73. The summed E-state index contributed by atoms with van der Waals surface area (Å²) in [6.45, 7) is 3.31. The highest BCUT2D eigenvalue weighted by Crippen LogP contribution is 2.27. The van der Waals surface area contributed by atoms with Crippen LogP contribution < -0.4 is 0 Å². The molecule has 0 bridgehead atoms. The molecule has 1 aliphatic rings. The molecule has 1 saturated heterocycles. The summed E-state index contributed by atoms with van der Waals surface area (Å²) in [5.41, 5.74) is 2.40. The predicted molar refractivity (Wildman–Crippen MR) is 102 cm³/mol. The molecule has 3 heterocycles. The molecule has 146 valence electrons. The van der Waals surface area contributed by atoms with Crippen molar-refractivity contribution >= 4 is 11.6 Å². The molecule has 7 heteroatoms. The van der Waals surface area contributed by atoms with Gasteiger partial charge in [-0.05, 0) is 25.8 Å². The number of aryl methyl sites for hydroxylation is 1. The number of halogens is 2. The first kappa shape index (κ1) is 18.5. The van der Waals surface area contributed by atoms with Crippen molar-refractivity contribution in [3.8, 4) is 11.3 Å². The second kappa shape index (κ2) is 7.66. The van der Waals surface area contributed by atoms with E-state index in [1.54, 1.807) is 4.90 Å². The average Bonchev–Trinajstić information content (AvgIpc) is 2.93. The first-order valence-electron chi connectivity index (χ1n) is 9.58. The van der Waals surface area contributed by atoms with E-state index < -0.39 is 6.43 Å². The van der Waals surface area contributed by atoms with Gasteiger partial charge in [0.1, 0.15) is 11.3 Å². The fourth-order valence-corrected chi connectivity index (χ4v) is 3.61. The van der Waals surface area contributed by atoms with Crippen molar-refractivity contribution in [1.82, 2.24) is 19.5 Å². The summed E-state index contributed by atoms with van der Waals surface area (Å²) in [4.78, 5) is 19.4. The predicted octanol–water partition coefficient (Wildman–Crippen LogP) is 4.66. The first-order chi connectivity index (χ1) is 13.5. The van der Waals surface area contributed by atoms with E-state index in [1.807, 2.05) is 31.2 Å². The number of carbonyl (C=O) groups excluding carboxylic acids is 1. The summed E-state index contributed by atoms with van der Waals surface area (Å²) in [6.07, 6.45) is 2.74. The average molecular weight is 384 g/mol. The lowest BCUT2D eigenvalue weighted by molar-refractivity contribution is 0.0763. The van der Waals surface area contributed by atoms with Gasteiger partial charge >= 0.3 is 0 Å². The molecule has 0 atom stereocenters. The summed E-state index contributed by atoms with van der Waals surface area (Å²) in [5, 5.41) is 4.05. The van der Waals surface area contributed by atoms with Crippen molar-refractivity contribution in [3.05, 3.63) is 53.3 Å². The molecule has 0 N–H and O–H groups in total. The van der Waals surface area contributed by atoms with Crippen molar-refractivity contribution in [2.75, 3.05) is 13.1 Å². The van der Waals surface area contributed by atoms with Gasteiger partial charge in [-0.15, -0.1) is 0 Å². The second-order valence-electron chi connectivity index (χ2n) is 7.23. The molecular formula is C21H22F2N4O. The van der Waals surface area contributed by atoms with Crippen molar-refractivity contribution in [1.29, 1.82) is 0 Å². The van der Waals surface area contributed by atoms with Crippen LogP contribution in [0.4, 0.5) is 8.78 Å². The van der Waals surface area contributed by atoms with Crippen LogP contribution in [-0.2, 0) is 0 Å². The normalized spacial score (nSPS) is 15.2. The van der Waals surface area contributed by atoms with E-state index in [0.717, 1.165) is 41.3 Å². The standard InChI is InChI=1S/C21H22F2N4O/c1-14-6-8-15(9-7-14)17-12-18(19(22)23)27-20(25-17)16(13-24-27)21(28)26-10-4-2-3-5-11-26/h6-9,12-13,19H,2-5,10-11H2,1H3. The zero-order valence-electron chi connectivity index (χ0n) is 15.7. The van der Waals surface area contributed by atoms with E-state index >= 15 is 0 Å². The van der Waals surface area contributed by atoms with Crippen LogP contribution in [0.15, 0.2) is 36.5 Å². The Morgan fingerprint density at radius 2 is 1.75 bits per heavy atom.